The van der Waals surface area contributed by atoms with Gasteiger partial charge in [-0.2, -0.15) is 0 Å². The standard InChI is InChI=1S/C13H17FO6S2/c1-13(2,7-11(15)16)8-5-9(14)12(22(4,19)20)10(6-8)21(3,17)18/h5-6H,7H2,1-4H3,(H,15,16). The summed E-state index contributed by atoms with van der Waals surface area (Å²) in [5, 5.41) is 8.88. The molecule has 6 nitrogen and oxygen atoms in total. The summed E-state index contributed by atoms with van der Waals surface area (Å²) in [5.74, 6) is -2.35. The van der Waals surface area contributed by atoms with Gasteiger partial charge in [0.2, 0.25) is 0 Å². The van der Waals surface area contributed by atoms with Crippen LogP contribution in [0.4, 0.5) is 4.39 Å². The SMILES string of the molecule is CC(C)(CC(=O)O)c1cc(F)c(S(C)(=O)=O)c(S(C)(=O)=O)c1. The largest absolute Gasteiger partial charge is 0.481 e. The van der Waals surface area contributed by atoms with Gasteiger partial charge in [0.25, 0.3) is 0 Å². The fourth-order valence-electron chi connectivity index (χ4n) is 2.07. The molecule has 22 heavy (non-hydrogen) atoms. The Hall–Kier alpha value is -1.48. The molecule has 0 amide bonds. The second-order valence-electron chi connectivity index (χ2n) is 5.78. The van der Waals surface area contributed by atoms with Crippen molar-refractivity contribution in [2.45, 2.75) is 35.5 Å². The average molecular weight is 352 g/mol. The summed E-state index contributed by atoms with van der Waals surface area (Å²) < 4.78 is 61.1. The van der Waals surface area contributed by atoms with E-state index < -0.39 is 46.7 Å². The molecule has 1 aromatic carbocycles. The minimum atomic E-state index is -4.10. The lowest BCUT2D eigenvalue weighted by Crippen LogP contribution is -2.23. The first-order valence-electron chi connectivity index (χ1n) is 6.12. The van der Waals surface area contributed by atoms with E-state index in [1.807, 2.05) is 0 Å². The molecule has 0 saturated heterocycles. The van der Waals surface area contributed by atoms with Crippen LogP contribution in [-0.2, 0) is 29.9 Å². The zero-order valence-corrected chi connectivity index (χ0v) is 14.2. The van der Waals surface area contributed by atoms with E-state index in [1.54, 1.807) is 0 Å². The number of aliphatic carboxylic acids is 1. The third-order valence-electron chi connectivity index (χ3n) is 3.15. The summed E-state index contributed by atoms with van der Waals surface area (Å²) in [6, 6.07) is 1.89. The van der Waals surface area contributed by atoms with Crippen molar-refractivity contribution in [3.63, 3.8) is 0 Å². The van der Waals surface area contributed by atoms with Crippen molar-refractivity contribution in [3.8, 4) is 0 Å². The molecular formula is C13H17FO6S2. The Kier molecular flexibility index (Phi) is 4.74. The highest BCUT2D eigenvalue weighted by atomic mass is 32.2. The first-order valence-corrected chi connectivity index (χ1v) is 9.90. The van der Waals surface area contributed by atoms with Gasteiger partial charge in [-0.25, -0.2) is 21.2 Å². The van der Waals surface area contributed by atoms with Gasteiger partial charge >= 0.3 is 5.97 Å². The molecule has 0 saturated carbocycles. The van der Waals surface area contributed by atoms with Gasteiger partial charge in [-0.3, -0.25) is 4.79 Å². The molecule has 0 heterocycles. The predicted octanol–water partition coefficient (Wildman–Crippen LogP) is 1.39. The maximum Gasteiger partial charge on any atom is 0.304 e. The summed E-state index contributed by atoms with van der Waals surface area (Å²) in [6.45, 7) is 3.00. The molecule has 1 rings (SSSR count). The number of carbonyl (C=O) groups is 1. The summed E-state index contributed by atoms with van der Waals surface area (Å²) in [6.07, 6.45) is 1.11. The summed E-state index contributed by atoms with van der Waals surface area (Å²) >= 11 is 0. The molecule has 0 bridgehead atoms. The Morgan fingerprint density at radius 3 is 2.00 bits per heavy atom. The maximum absolute atomic E-state index is 14.2. The Morgan fingerprint density at radius 2 is 1.64 bits per heavy atom. The van der Waals surface area contributed by atoms with Crippen molar-refractivity contribution >= 4 is 25.6 Å². The highest BCUT2D eigenvalue weighted by Crippen LogP contribution is 2.33. The van der Waals surface area contributed by atoms with E-state index in [0.717, 1.165) is 18.4 Å². The zero-order chi connectivity index (χ0) is 17.5. The molecule has 0 spiro atoms. The highest BCUT2D eigenvalue weighted by Gasteiger charge is 2.31. The quantitative estimate of drug-likeness (QED) is 0.858. The normalized spacial score (nSPS) is 13.1. The molecule has 0 aliphatic rings. The van der Waals surface area contributed by atoms with Crippen LogP contribution in [0.2, 0.25) is 0 Å². The number of sulfone groups is 2. The van der Waals surface area contributed by atoms with Crippen LogP contribution in [0.3, 0.4) is 0 Å². The zero-order valence-electron chi connectivity index (χ0n) is 12.5. The number of rotatable bonds is 5. The van der Waals surface area contributed by atoms with Gasteiger partial charge < -0.3 is 5.11 Å². The molecule has 0 aliphatic carbocycles. The number of halogens is 1. The minimum absolute atomic E-state index is 0.0974. The maximum atomic E-state index is 14.2. The van der Waals surface area contributed by atoms with Gasteiger partial charge in [-0.05, 0) is 17.7 Å². The highest BCUT2D eigenvalue weighted by molar-refractivity contribution is 7.93. The van der Waals surface area contributed by atoms with Crippen LogP contribution in [-0.4, -0.2) is 40.4 Å². The van der Waals surface area contributed by atoms with Crippen molar-refractivity contribution < 1.29 is 31.1 Å². The molecule has 9 heteroatoms. The van der Waals surface area contributed by atoms with Gasteiger partial charge in [-0.1, -0.05) is 13.8 Å². The number of benzene rings is 1. The second-order valence-corrected chi connectivity index (χ2v) is 9.72. The lowest BCUT2D eigenvalue weighted by molar-refractivity contribution is -0.138. The molecule has 0 radical (unpaired) electrons. The second kappa shape index (κ2) is 5.62. The van der Waals surface area contributed by atoms with Crippen molar-refractivity contribution in [3.05, 3.63) is 23.5 Å². The summed E-state index contributed by atoms with van der Waals surface area (Å²) in [4.78, 5) is 9.31. The van der Waals surface area contributed by atoms with Crippen LogP contribution in [0.25, 0.3) is 0 Å². The average Bonchev–Trinajstić information content (AvgIpc) is 2.22. The molecule has 0 atom stereocenters. The van der Waals surface area contributed by atoms with Gasteiger partial charge in [-0.15, -0.1) is 0 Å². The van der Waals surface area contributed by atoms with Crippen molar-refractivity contribution in [2.24, 2.45) is 0 Å². The number of hydrogen-bond acceptors (Lipinski definition) is 5. The van der Waals surface area contributed by atoms with Crippen LogP contribution in [0.15, 0.2) is 21.9 Å². The lowest BCUT2D eigenvalue weighted by Gasteiger charge is -2.24. The van der Waals surface area contributed by atoms with E-state index in [0.29, 0.717) is 6.26 Å². The molecule has 0 aromatic heterocycles. The monoisotopic (exact) mass is 352 g/mol. The fourth-order valence-corrected chi connectivity index (χ4v) is 4.60. The lowest BCUT2D eigenvalue weighted by atomic mass is 9.81. The molecular weight excluding hydrogens is 335 g/mol. The molecule has 1 N–H and O–H groups in total. The van der Waals surface area contributed by atoms with Crippen LogP contribution >= 0.6 is 0 Å². The van der Waals surface area contributed by atoms with Gasteiger partial charge in [0.15, 0.2) is 19.7 Å². The van der Waals surface area contributed by atoms with Crippen LogP contribution in [0.5, 0.6) is 0 Å². The summed E-state index contributed by atoms with van der Waals surface area (Å²) in [7, 11) is -8.12. The van der Waals surface area contributed by atoms with E-state index >= 15 is 0 Å². The first-order chi connectivity index (χ1) is 9.66. The number of hydrogen-bond donors (Lipinski definition) is 1. The van der Waals surface area contributed by atoms with E-state index in [-0.39, 0.29) is 12.0 Å². The fraction of sp³-hybridized carbons (Fsp3) is 0.462. The Labute approximate surface area is 128 Å². The Bertz CT molecular complexity index is 822. The van der Waals surface area contributed by atoms with Gasteiger partial charge in [0.1, 0.15) is 10.7 Å². The third kappa shape index (κ3) is 4.04. The molecule has 0 aliphatic heterocycles. The smallest absolute Gasteiger partial charge is 0.304 e. The van der Waals surface area contributed by atoms with Gasteiger partial charge in [0.05, 0.1) is 11.3 Å². The van der Waals surface area contributed by atoms with E-state index in [2.05, 4.69) is 0 Å². The number of carboxylic acids is 1. The first kappa shape index (κ1) is 18.6. The molecule has 0 fully saturated rings. The molecule has 1 aromatic rings. The summed E-state index contributed by atoms with van der Waals surface area (Å²) in [5.41, 5.74) is -0.970. The van der Waals surface area contributed by atoms with E-state index in [1.165, 1.54) is 13.8 Å². The van der Waals surface area contributed by atoms with Crippen LogP contribution in [0.1, 0.15) is 25.8 Å². The topological polar surface area (TPSA) is 106 Å². The molecule has 0 unspecified atom stereocenters. The van der Waals surface area contributed by atoms with Gasteiger partial charge in [0, 0.05) is 17.9 Å². The molecule has 124 valence electrons. The third-order valence-corrected chi connectivity index (χ3v) is 5.56. The van der Waals surface area contributed by atoms with Crippen LogP contribution < -0.4 is 0 Å². The Morgan fingerprint density at radius 1 is 1.14 bits per heavy atom. The van der Waals surface area contributed by atoms with Crippen molar-refractivity contribution in [1.29, 1.82) is 0 Å². The van der Waals surface area contributed by atoms with Crippen molar-refractivity contribution in [1.82, 2.24) is 0 Å². The van der Waals surface area contributed by atoms with Crippen LogP contribution in [0, 0.1) is 5.82 Å². The van der Waals surface area contributed by atoms with E-state index in [9.17, 15) is 26.0 Å². The minimum Gasteiger partial charge on any atom is -0.481 e. The Balaban J connectivity index is 3.78. The predicted molar refractivity (Wildman–Crippen MR) is 77.9 cm³/mol. The number of carboxylic acid groups (broad SMARTS) is 1. The van der Waals surface area contributed by atoms with Crippen molar-refractivity contribution in [2.75, 3.05) is 12.5 Å². The van der Waals surface area contributed by atoms with E-state index in [4.69, 9.17) is 5.11 Å².